The highest BCUT2D eigenvalue weighted by molar-refractivity contribution is 5.46. The van der Waals surface area contributed by atoms with E-state index in [0.717, 1.165) is 6.54 Å². The van der Waals surface area contributed by atoms with Crippen LogP contribution in [0.4, 0.5) is 11.5 Å². The molecule has 1 aromatic rings. The molecule has 0 atom stereocenters. The van der Waals surface area contributed by atoms with Crippen LogP contribution in [0.25, 0.3) is 0 Å². The zero-order valence-corrected chi connectivity index (χ0v) is 10.2. The molecule has 18 heavy (non-hydrogen) atoms. The lowest BCUT2D eigenvalue weighted by Crippen LogP contribution is -2.26. The molecule has 0 spiro atoms. The first-order valence-electron chi connectivity index (χ1n) is 5.82. The average Bonchev–Trinajstić information content (AvgIpc) is 3.12. The van der Waals surface area contributed by atoms with Crippen molar-refractivity contribution < 1.29 is 9.66 Å². The number of ether oxygens (including phenoxy) is 1. The number of nitrogen functional groups attached to an aromatic ring is 1. The molecule has 0 amide bonds. The van der Waals surface area contributed by atoms with Crippen LogP contribution in [0.2, 0.25) is 0 Å². The standard InChI is InChI=1S/C11H16N4O3/c1-14(8-2-3-8)6-7-18-11-9(15(16)17)4-5-10(12)13-11/h4-5,8H,2-3,6-7H2,1H3,(H2,12,13). The lowest BCUT2D eigenvalue weighted by molar-refractivity contribution is -0.386. The summed E-state index contributed by atoms with van der Waals surface area (Å²) in [5, 5.41) is 10.8. The molecule has 1 fully saturated rings. The Morgan fingerprint density at radius 1 is 1.61 bits per heavy atom. The molecule has 0 saturated heterocycles. The van der Waals surface area contributed by atoms with E-state index < -0.39 is 4.92 Å². The summed E-state index contributed by atoms with van der Waals surface area (Å²) in [4.78, 5) is 16.3. The lowest BCUT2D eigenvalue weighted by Gasteiger charge is -2.15. The summed E-state index contributed by atoms with van der Waals surface area (Å²) in [5.74, 6) is 0.204. The van der Waals surface area contributed by atoms with Gasteiger partial charge < -0.3 is 15.4 Å². The van der Waals surface area contributed by atoms with Gasteiger partial charge in [0.25, 0.3) is 5.88 Å². The van der Waals surface area contributed by atoms with Gasteiger partial charge in [0.15, 0.2) is 0 Å². The smallest absolute Gasteiger partial charge is 0.331 e. The number of aromatic nitrogens is 1. The van der Waals surface area contributed by atoms with Gasteiger partial charge in [0.1, 0.15) is 12.4 Å². The number of nitrogens with zero attached hydrogens (tertiary/aromatic N) is 3. The largest absolute Gasteiger partial charge is 0.471 e. The second-order valence-corrected chi connectivity index (χ2v) is 4.38. The molecule has 0 aromatic carbocycles. The third-order valence-electron chi connectivity index (χ3n) is 2.91. The van der Waals surface area contributed by atoms with Gasteiger partial charge in [0.2, 0.25) is 0 Å². The second kappa shape index (κ2) is 5.18. The summed E-state index contributed by atoms with van der Waals surface area (Å²) >= 11 is 0. The summed E-state index contributed by atoms with van der Waals surface area (Å²) in [6.45, 7) is 1.09. The minimum atomic E-state index is -0.521. The maximum absolute atomic E-state index is 10.8. The van der Waals surface area contributed by atoms with Crippen molar-refractivity contribution in [3.63, 3.8) is 0 Å². The van der Waals surface area contributed by atoms with Crippen LogP contribution in [0.3, 0.4) is 0 Å². The summed E-state index contributed by atoms with van der Waals surface area (Å²) in [6, 6.07) is 3.33. The van der Waals surface area contributed by atoms with Crippen molar-refractivity contribution in [2.24, 2.45) is 0 Å². The Bertz CT molecular complexity index is 448. The van der Waals surface area contributed by atoms with E-state index in [4.69, 9.17) is 10.5 Å². The van der Waals surface area contributed by atoms with Crippen LogP contribution in [0.5, 0.6) is 5.88 Å². The molecule has 0 unspecified atom stereocenters. The molecule has 0 aliphatic heterocycles. The van der Waals surface area contributed by atoms with Crippen LogP contribution in [0, 0.1) is 10.1 Å². The van der Waals surface area contributed by atoms with Gasteiger partial charge in [-0.25, -0.2) is 0 Å². The average molecular weight is 252 g/mol. The molecule has 98 valence electrons. The van der Waals surface area contributed by atoms with Crippen molar-refractivity contribution in [1.82, 2.24) is 9.88 Å². The molecule has 0 bridgehead atoms. The van der Waals surface area contributed by atoms with Gasteiger partial charge in [-0.15, -0.1) is 0 Å². The Morgan fingerprint density at radius 3 is 2.94 bits per heavy atom. The molecule has 1 heterocycles. The summed E-state index contributed by atoms with van der Waals surface area (Å²) in [7, 11) is 2.02. The molecular weight excluding hydrogens is 236 g/mol. The van der Waals surface area contributed by atoms with Gasteiger partial charge in [-0.1, -0.05) is 0 Å². The van der Waals surface area contributed by atoms with Crippen molar-refractivity contribution in [3.05, 3.63) is 22.2 Å². The van der Waals surface area contributed by atoms with Gasteiger partial charge in [-0.05, 0) is 26.0 Å². The van der Waals surface area contributed by atoms with Crippen LogP contribution in [-0.2, 0) is 0 Å². The van der Waals surface area contributed by atoms with Crippen LogP contribution >= 0.6 is 0 Å². The van der Waals surface area contributed by atoms with E-state index in [1.54, 1.807) is 0 Å². The monoisotopic (exact) mass is 252 g/mol. The van der Waals surface area contributed by atoms with Crippen molar-refractivity contribution in [3.8, 4) is 5.88 Å². The van der Waals surface area contributed by atoms with E-state index in [1.807, 2.05) is 7.05 Å². The van der Waals surface area contributed by atoms with Gasteiger partial charge in [-0.3, -0.25) is 10.1 Å². The third kappa shape index (κ3) is 3.07. The summed E-state index contributed by atoms with van der Waals surface area (Å²) in [5.41, 5.74) is 5.34. The maximum Gasteiger partial charge on any atom is 0.331 e. The number of anilines is 1. The van der Waals surface area contributed by atoms with E-state index in [-0.39, 0.29) is 17.4 Å². The molecule has 2 rings (SSSR count). The van der Waals surface area contributed by atoms with Gasteiger partial charge in [0.05, 0.1) is 4.92 Å². The fourth-order valence-corrected chi connectivity index (χ4v) is 1.68. The second-order valence-electron chi connectivity index (χ2n) is 4.38. The Balaban J connectivity index is 1.94. The lowest BCUT2D eigenvalue weighted by atomic mass is 10.4. The SMILES string of the molecule is CN(CCOc1nc(N)ccc1[N+](=O)[O-])C1CC1. The van der Waals surface area contributed by atoms with Gasteiger partial charge in [-0.2, -0.15) is 4.98 Å². The number of nitrogens with two attached hydrogens (primary N) is 1. The predicted molar refractivity (Wildman–Crippen MR) is 66.5 cm³/mol. The number of rotatable bonds is 6. The first kappa shape index (κ1) is 12.6. The van der Waals surface area contributed by atoms with Crippen molar-refractivity contribution in [2.45, 2.75) is 18.9 Å². The summed E-state index contributed by atoms with van der Waals surface area (Å²) in [6.07, 6.45) is 2.43. The van der Waals surface area contributed by atoms with Crippen LogP contribution in [0.1, 0.15) is 12.8 Å². The van der Waals surface area contributed by atoms with E-state index >= 15 is 0 Å². The fraction of sp³-hybridized carbons (Fsp3) is 0.545. The molecule has 7 nitrogen and oxygen atoms in total. The zero-order chi connectivity index (χ0) is 13.1. The Hall–Kier alpha value is -1.89. The number of nitro groups is 1. The number of likely N-dealkylation sites (N-methyl/N-ethyl adjacent to an activating group) is 1. The molecule has 1 saturated carbocycles. The Morgan fingerprint density at radius 2 is 2.33 bits per heavy atom. The van der Waals surface area contributed by atoms with Crippen LogP contribution < -0.4 is 10.5 Å². The van der Waals surface area contributed by atoms with Crippen LogP contribution in [-0.4, -0.2) is 41.0 Å². The van der Waals surface area contributed by atoms with Crippen molar-refractivity contribution in [2.75, 3.05) is 25.9 Å². The first-order valence-corrected chi connectivity index (χ1v) is 5.82. The molecule has 1 aliphatic rings. The number of hydrogen-bond donors (Lipinski definition) is 1. The predicted octanol–water partition coefficient (Wildman–Crippen LogP) is 1.04. The normalized spacial score (nSPS) is 14.8. The quantitative estimate of drug-likeness (QED) is 0.600. The van der Waals surface area contributed by atoms with E-state index in [1.165, 1.54) is 25.0 Å². The van der Waals surface area contributed by atoms with Gasteiger partial charge >= 0.3 is 5.69 Å². The van der Waals surface area contributed by atoms with Crippen molar-refractivity contribution >= 4 is 11.5 Å². The minimum Gasteiger partial charge on any atom is -0.471 e. The Labute approximate surface area is 105 Å². The Kier molecular flexibility index (Phi) is 3.61. The molecule has 7 heteroatoms. The molecule has 2 N–H and O–H groups in total. The highest BCUT2D eigenvalue weighted by Crippen LogP contribution is 2.26. The van der Waals surface area contributed by atoms with Crippen LogP contribution in [0.15, 0.2) is 12.1 Å². The molecule has 1 aliphatic carbocycles. The molecule has 0 radical (unpaired) electrons. The highest BCUT2D eigenvalue weighted by Gasteiger charge is 2.26. The van der Waals surface area contributed by atoms with E-state index in [0.29, 0.717) is 12.6 Å². The van der Waals surface area contributed by atoms with E-state index in [9.17, 15) is 10.1 Å². The van der Waals surface area contributed by atoms with E-state index in [2.05, 4.69) is 9.88 Å². The summed E-state index contributed by atoms with van der Waals surface area (Å²) < 4.78 is 5.35. The topological polar surface area (TPSA) is 94.5 Å². The maximum atomic E-state index is 10.8. The highest BCUT2D eigenvalue weighted by atomic mass is 16.6. The van der Waals surface area contributed by atoms with Gasteiger partial charge in [0, 0.05) is 18.7 Å². The minimum absolute atomic E-state index is 0.0100. The van der Waals surface area contributed by atoms with Crippen molar-refractivity contribution in [1.29, 1.82) is 0 Å². The number of pyridine rings is 1. The zero-order valence-electron chi connectivity index (χ0n) is 10.2. The fourth-order valence-electron chi connectivity index (χ4n) is 1.68. The third-order valence-corrected chi connectivity index (χ3v) is 2.91. The molecule has 1 aromatic heterocycles. The first-order chi connectivity index (χ1) is 8.58. The molecular formula is C11H16N4O3. The number of hydrogen-bond acceptors (Lipinski definition) is 6.